The van der Waals surface area contributed by atoms with Crippen LogP contribution in [0, 0.1) is 17.2 Å². The van der Waals surface area contributed by atoms with Crippen molar-refractivity contribution in [2.75, 3.05) is 5.75 Å². The molecule has 0 spiro atoms. The predicted octanol–water partition coefficient (Wildman–Crippen LogP) is 5.50. The Bertz CT molecular complexity index is 337. The van der Waals surface area contributed by atoms with Crippen LogP contribution in [0.4, 0.5) is 26.3 Å². The standard InChI is InChI=1S/C11H14ClF6NS/c1-2-8(11(16,17)18)3-4-9(12,7-19)20-6-5-10(13,14)15/h8H,2-6H2,1H3. The number of rotatable bonds is 7. The van der Waals surface area contributed by atoms with Crippen molar-refractivity contribution in [2.24, 2.45) is 5.92 Å². The molecule has 9 heteroatoms. The molecule has 0 heterocycles. The molecule has 0 saturated heterocycles. The van der Waals surface area contributed by atoms with Crippen LogP contribution >= 0.6 is 23.4 Å². The minimum absolute atomic E-state index is 0.158. The van der Waals surface area contributed by atoms with Crippen molar-refractivity contribution in [2.45, 2.75) is 49.2 Å². The zero-order valence-electron chi connectivity index (χ0n) is 10.6. The van der Waals surface area contributed by atoms with Gasteiger partial charge >= 0.3 is 12.4 Å². The lowest BCUT2D eigenvalue weighted by atomic mass is 9.98. The molecule has 0 fully saturated rings. The van der Waals surface area contributed by atoms with E-state index in [4.69, 9.17) is 16.9 Å². The van der Waals surface area contributed by atoms with Gasteiger partial charge in [0, 0.05) is 5.75 Å². The normalized spacial score (nSPS) is 17.4. The van der Waals surface area contributed by atoms with Gasteiger partial charge in [0.05, 0.1) is 18.4 Å². The van der Waals surface area contributed by atoms with Crippen molar-refractivity contribution in [3.63, 3.8) is 0 Å². The summed E-state index contributed by atoms with van der Waals surface area (Å²) in [4.78, 5) is 0. The average molecular weight is 342 g/mol. The maximum absolute atomic E-state index is 12.5. The molecule has 0 aromatic carbocycles. The van der Waals surface area contributed by atoms with Crippen LogP contribution in [0.1, 0.15) is 32.6 Å². The van der Waals surface area contributed by atoms with Crippen LogP contribution < -0.4 is 0 Å². The highest BCUT2D eigenvalue weighted by atomic mass is 35.5. The summed E-state index contributed by atoms with van der Waals surface area (Å²) in [5, 5.41) is 8.84. The van der Waals surface area contributed by atoms with Gasteiger partial charge in [0.15, 0.2) is 4.21 Å². The molecule has 0 radical (unpaired) electrons. The lowest BCUT2D eigenvalue weighted by molar-refractivity contribution is -0.177. The van der Waals surface area contributed by atoms with Crippen LogP contribution in [0.25, 0.3) is 0 Å². The van der Waals surface area contributed by atoms with Crippen LogP contribution in [0.15, 0.2) is 0 Å². The Labute approximate surface area is 122 Å². The zero-order valence-corrected chi connectivity index (χ0v) is 12.2. The molecular weight excluding hydrogens is 328 g/mol. The Morgan fingerprint density at radius 1 is 1.15 bits per heavy atom. The Balaban J connectivity index is 4.42. The topological polar surface area (TPSA) is 23.8 Å². The van der Waals surface area contributed by atoms with E-state index in [2.05, 4.69) is 0 Å². The van der Waals surface area contributed by atoms with Crippen LogP contribution in [0.5, 0.6) is 0 Å². The second-order valence-corrected chi connectivity index (χ2v) is 6.50. The van der Waals surface area contributed by atoms with Crippen LogP contribution in [-0.4, -0.2) is 22.3 Å². The largest absolute Gasteiger partial charge is 0.391 e. The molecule has 2 unspecified atom stereocenters. The van der Waals surface area contributed by atoms with E-state index >= 15 is 0 Å². The van der Waals surface area contributed by atoms with Crippen molar-refractivity contribution in [1.82, 2.24) is 0 Å². The predicted molar refractivity (Wildman–Crippen MR) is 66.4 cm³/mol. The summed E-state index contributed by atoms with van der Waals surface area (Å²) in [5.74, 6) is -2.05. The molecule has 0 amide bonds. The molecule has 0 aliphatic heterocycles. The number of nitriles is 1. The third-order valence-electron chi connectivity index (χ3n) is 2.65. The SMILES string of the molecule is CCC(CCC(Cl)(C#N)SCCC(F)(F)F)C(F)(F)F. The van der Waals surface area contributed by atoms with E-state index in [1.165, 1.54) is 6.92 Å². The molecule has 0 N–H and O–H groups in total. The van der Waals surface area contributed by atoms with E-state index in [-0.39, 0.29) is 19.3 Å². The van der Waals surface area contributed by atoms with Gasteiger partial charge in [-0.3, -0.25) is 0 Å². The first-order chi connectivity index (χ1) is 8.93. The van der Waals surface area contributed by atoms with Crippen molar-refractivity contribution < 1.29 is 26.3 Å². The minimum atomic E-state index is -4.39. The van der Waals surface area contributed by atoms with Gasteiger partial charge in [0.1, 0.15) is 0 Å². The van der Waals surface area contributed by atoms with Gasteiger partial charge in [-0.25, -0.2) is 0 Å². The van der Waals surface area contributed by atoms with Gasteiger partial charge in [0.2, 0.25) is 0 Å². The Morgan fingerprint density at radius 3 is 2.05 bits per heavy atom. The first-order valence-corrected chi connectivity index (χ1v) is 7.17. The van der Waals surface area contributed by atoms with Crippen molar-refractivity contribution in [3.05, 3.63) is 0 Å². The number of hydrogen-bond acceptors (Lipinski definition) is 2. The fraction of sp³-hybridized carbons (Fsp3) is 0.909. The highest BCUT2D eigenvalue weighted by Crippen LogP contribution is 2.40. The number of nitrogens with zero attached hydrogens (tertiary/aromatic N) is 1. The summed E-state index contributed by atoms with van der Waals surface area (Å²) >= 11 is 6.30. The monoisotopic (exact) mass is 341 g/mol. The highest BCUT2D eigenvalue weighted by Gasteiger charge is 2.40. The molecule has 0 rings (SSSR count). The maximum atomic E-state index is 12.5. The molecule has 20 heavy (non-hydrogen) atoms. The van der Waals surface area contributed by atoms with Gasteiger partial charge < -0.3 is 0 Å². The molecule has 0 saturated carbocycles. The first kappa shape index (κ1) is 19.7. The summed E-state index contributed by atoms with van der Waals surface area (Å²) in [7, 11) is 0. The van der Waals surface area contributed by atoms with Gasteiger partial charge in [-0.1, -0.05) is 18.5 Å². The summed E-state index contributed by atoms with van der Waals surface area (Å²) in [6.07, 6.45) is -10.8. The van der Waals surface area contributed by atoms with Gasteiger partial charge in [0.25, 0.3) is 0 Å². The summed E-state index contributed by atoms with van der Waals surface area (Å²) < 4.78 is 71.7. The Morgan fingerprint density at radius 2 is 1.70 bits per heavy atom. The third kappa shape index (κ3) is 8.10. The van der Waals surface area contributed by atoms with Crippen LogP contribution in [0.2, 0.25) is 0 Å². The van der Waals surface area contributed by atoms with E-state index in [0.29, 0.717) is 11.8 Å². The molecule has 2 atom stereocenters. The molecule has 0 aromatic rings. The van der Waals surface area contributed by atoms with Crippen molar-refractivity contribution in [1.29, 1.82) is 5.26 Å². The highest BCUT2D eigenvalue weighted by molar-refractivity contribution is 8.02. The second-order valence-electron chi connectivity index (χ2n) is 4.24. The summed E-state index contributed by atoms with van der Waals surface area (Å²) in [6.45, 7) is 1.36. The third-order valence-corrected chi connectivity index (χ3v) is 4.42. The number of thioether (sulfide) groups is 1. The fourth-order valence-electron chi connectivity index (χ4n) is 1.45. The quantitative estimate of drug-likeness (QED) is 0.451. The maximum Gasteiger partial charge on any atom is 0.391 e. The van der Waals surface area contributed by atoms with Gasteiger partial charge in [-0.05, 0) is 19.3 Å². The van der Waals surface area contributed by atoms with Crippen molar-refractivity contribution in [3.8, 4) is 6.07 Å². The molecule has 0 aliphatic carbocycles. The lowest BCUT2D eigenvalue weighted by Crippen LogP contribution is -2.25. The minimum Gasteiger partial charge on any atom is -0.195 e. The molecule has 118 valence electrons. The fourth-order valence-corrected chi connectivity index (χ4v) is 2.77. The zero-order chi connectivity index (χ0) is 16.0. The second kappa shape index (κ2) is 7.64. The molecular formula is C11H14ClF6NS. The molecule has 1 nitrogen and oxygen atoms in total. The molecule has 0 aromatic heterocycles. The van der Waals surface area contributed by atoms with Gasteiger partial charge in [-0.2, -0.15) is 31.6 Å². The van der Waals surface area contributed by atoms with Crippen LogP contribution in [0.3, 0.4) is 0 Å². The van der Waals surface area contributed by atoms with E-state index in [1.54, 1.807) is 6.07 Å². The number of alkyl halides is 7. The molecule has 0 bridgehead atoms. The van der Waals surface area contributed by atoms with E-state index < -0.39 is 34.7 Å². The van der Waals surface area contributed by atoms with E-state index in [1.807, 2.05) is 0 Å². The smallest absolute Gasteiger partial charge is 0.195 e. The Hall–Kier alpha value is -0.290. The summed E-state index contributed by atoms with van der Waals surface area (Å²) in [6, 6.07) is 1.59. The average Bonchev–Trinajstić information content (AvgIpc) is 2.26. The lowest BCUT2D eigenvalue weighted by Gasteiger charge is -2.23. The van der Waals surface area contributed by atoms with Gasteiger partial charge in [-0.15, -0.1) is 11.8 Å². The number of hydrogen-bond donors (Lipinski definition) is 0. The first-order valence-electron chi connectivity index (χ1n) is 5.81. The van der Waals surface area contributed by atoms with E-state index in [0.717, 1.165) is 0 Å². The van der Waals surface area contributed by atoms with Crippen LogP contribution in [-0.2, 0) is 0 Å². The van der Waals surface area contributed by atoms with Crippen molar-refractivity contribution >= 4 is 23.4 Å². The molecule has 0 aliphatic rings. The number of halogens is 7. The summed E-state index contributed by atoms with van der Waals surface area (Å²) in [5.41, 5.74) is 0. The van der Waals surface area contributed by atoms with E-state index in [9.17, 15) is 26.3 Å². The Kier molecular flexibility index (Phi) is 7.53.